The summed E-state index contributed by atoms with van der Waals surface area (Å²) in [6.07, 6.45) is 0. The SMILES string of the molecule is CCn1c(=O)n(CC(=O)NCc2ccccc2COC)c2ccccc21. The van der Waals surface area contributed by atoms with Crippen LogP contribution in [0.2, 0.25) is 0 Å². The number of aryl methyl sites for hydroxylation is 1. The molecule has 0 radical (unpaired) electrons. The molecule has 0 saturated carbocycles. The third-order valence-corrected chi connectivity index (χ3v) is 4.44. The number of benzene rings is 2. The number of nitrogens with one attached hydrogen (secondary N) is 1. The number of carbonyl (C=O) groups excluding carboxylic acids is 1. The number of hydrogen-bond donors (Lipinski definition) is 1. The zero-order valence-corrected chi connectivity index (χ0v) is 15.1. The van der Waals surface area contributed by atoms with Gasteiger partial charge in [0, 0.05) is 20.2 Å². The largest absolute Gasteiger partial charge is 0.380 e. The highest BCUT2D eigenvalue weighted by molar-refractivity contribution is 5.80. The van der Waals surface area contributed by atoms with E-state index in [4.69, 9.17) is 4.74 Å². The van der Waals surface area contributed by atoms with Crippen LogP contribution in [0.5, 0.6) is 0 Å². The van der Waals surface area contributed by atoms with Gasteiger partial charge in [-0.2, -0.15) is 0 Å². The Morgan fingerprint density at radius 3 is 2.27 bits per heavy atom. The van der Waals surface area contributed by atoms with E-state index in [1.54, 1.807) is 11.7 Å². The quantitative estimate of drug-likeness (QED) is 0.709. The van der Waals surface area contributed by atoms with Crippen molar-refractivity contribution < 1.29 is 9.53 Å². The second-order valence-corrected chi connectivity index (χ2v) is 6.08. The lowest BCUT2D eigenvalue weighted by atomic mass is 10.1. The second-order valence-electron chi connectivity index (χ2n) is 6.08. The van der Waals surface area contributed by atoms with E-state index in [2.05, 4.69) is 5.32 Å². The summed E-state index contributed by atoms with van der Waals surface area (Å²) in [6, 6.07) is 15.3. The molecule has 136 valence electrons. The lowest BCUT2D eigenvalue weighted by Gasteiger charge is -2.10. The number of imidazole rings is 1. The molecule has 0 fully saturated rings. The molecule has 1 N–H and O–H groups in total. The Balaban J connectivity index is 1.77. The van der Waals surface area contributed by atoms with Crippen LogP contribution in [0.4, 0.5) is 0 Å². The fraction of sp³-hybridized carbons (Fsp3) is 0.300. The molecule has 2 aromatic carbocycles. The molecule has 1 heterocycles. The Kier molecular flexibility index (Phi) is 5.53. The normalized spacial score (nSPS) is 11.0. The average Bonchev–Trinajstić information content (AvgIpc) is 2.92. The first-order valence-electron chi connectivity index (χ1n) is 8.66. The predicted molar refractivity (Wildman–Crippen MR) is 101 cm³/mol. The number of methoxy groups -OCH3 is 1. The van der Waals surface area contributed by atoms with E-state index in [0.29, 0.717) is 19.7 Å². The van der Waals surface area contributed by atoms with Crippen molar-refractivity contribution in [1.82, 2.24) is 14.5 Å². The lowest BCUT2D eigenvalue weighted by Crippen LogP contribution is -2.33. The van der Waals surface area contributed by atoms with E-state index >= 15 is 0 Å². The van der Waals surface area contributed by atoms with Crippen LogP contribution < -0.4 is 11.0 Å². The van der Waals surface area contributed by atoms with Gasteiger partial charge in [0.2, 0.25) is 5.91 Å². The van der Waals surface area contributed by atoms with E-state index < -0.39 is 0 Å². The molecule has 0 unspecified atom stereocenters. The maximum absolute atomic E-state index is 12.6. The van der Waals surface area contributed by atoms with Gasteiger partial charge in [-0.15, -0.1) is 0 Å². The molecular weight excluding hydrogens is 330 g/mol. The maximum atomic E-state index is 12.6. The van der Waals surface area contributed by atoms with Crippen molar-refractivity contribution in [2.24, 2.45) is 0 Å². The van der Waals surface area contributed by atoms with Crippen LogP contribution in [0.3, 0.4) is 0 Å². The Hall–Kier alpha value is -2.86. The summed E-state index contributed by atoms with van der Waals surface area (Å²) < 4.78 is 8.39. The Labute approximate surface area is 152 Å². The van der Waals surface area contributed by atoms with Gasteiger partial charge in [-0.25, -0.2) is 4.79 Å². The monoisotopic (exact) mass is 353 g/mol. The van der Waals surface area contributed by atoms with Crippen molar-refractivity contribution >= 4 is 16.9 Å². The van der Waals surface area contributed by atoms with Gasteiger partial charge in [-0.05, 0) is 30.2 Å². The van der Waals surface area contributed by atoms with Crippen molar-refractivity contribution in [2.45, 2.75) is 33.2 Å². The van der Waals surface area contributed by atoms with Gasteiger partial charge in [0.1, 0.15) is 6.54 Å². The average molecular weight is 353 g/mol. The molecule has 0 aliphatic rings. The molecule has 1 amide bonds. The zero-order valence-electron chi connectivity index (χ0n) is 15.1. The van der Waals surface area contributed by atoms with Gasteiger partial charge in [-0.1, -0.05) is 36.4 Å². The highest BCUT2D eigenvalue weighted by Crippen LogP contribution is 2.13. The fourth-order valence-electron chi connectivity index (χ4n) is 3.15. The van der Waals surface area contributed by atoms with E-state index in [-0.39, 0.29) is 18.1 Å². The number of hydrogen-bond acceptors (Lipinski definition) is 3. The summed E-state index contributed by atoms with van der Waals surface area (Å²) in [5.74, 6) is -0.196. The van der Waals surface area contributed by atoms with Crippen LogP contribution in [0, 0.1) is 0 Å². The minimum Gasteiger partial charge on any atom is -0.380 e. The molecule has 1 aromatic heterocycles. The zero-order chi connectivity index (χ0) is 18.5. The standard InChI is InChI=1S/C20H23N3O3/c1-3-22-17-10-6-7-11-18(17)23(20(22)25)13-19(24)21-12-15-8-4-5-9-16(15)14-26-2/h4-11H,3,12-14H2,1-2H3,(H,21,24). The molecule has 0 aliphatic heterocycles. The van der Waals surface area contributed by atoms with Crippen molar-refractivity contribution in [3.05, 3.63) is 70.1 Å². The Morgan fingerprint density at radius 2 is 1.62 bits per heavy atom. The summed E-state index contributed by atoms with van der Waals surface area (Å²) in [5, 5.41) is 2.90. The minimum absolute atomic E-state index is 0.00120. The number of carbonyl (C=O) groups is 1. The van der Waals surface area contributed by atoms with Gasteiger partial charge in [0.05, 0.1) is 17.6 Å². The first-order valence-corrected chi connectivity index (χ1v) is 8.66. The van der Waals surface area contributed by atoms with E-state index in [9.17, 15) is 9.59 Å². The number of nitrogens with zero attached hydrogens (tertiary/aromatic N) is 2. The molecular formula is C20H23N3O3. The summed E-state index contributed by atoms with van der Waals surface area (Å²) >= 11 is 0. The van der Waals surface area contributed by atoms with Crippen LogP contribution in [-0.2, 0) is 35.8 Å². The molecule has 0 saturated heterocycles. The summed E-state index contributed by atoms with van der Waals surface area (Å²) in [7, 11) is 1.64. The molecule has 26 heavy (non-hydrogen) atoms. The number of aromatic nitrogens is 2. The molecule has 6 nitrogen and oxygen atoms in total. The van der Waals surface area contributed by atoms with Crippen molar-refractivity contribution in [1.29, 1.82) is 0 Å². The highest BCUT2D eigenvalue weighted by atomic mass is 16.5. The van der Waals surface area contributed by atoms with Crippen LogP contribution in [0.15, 0.2) is 53.3 Å². The van der Waals surface area contributed by atoms with E-state index in [0.717, 1.165) is 22.2 Å². The highest BCUT2D eigenvalue weighted by Gasteiger charge is 2.14. The fourth-order valence-corrected chi connectivity index (χ4v) is 3.15. The minimum atomic E-state index is -0.196. The molecule has 3 aromatic rings. The topological polar surface area (TPSA) is 65.3 Å². The van der Waals surface area contributed by atoms with Crippen molar-refractivity contribution in [3.8, 4) is 0 Å². The van der Waals surface area contributed by atoms with Crippen LogP contribution >= 0.6 is 0 Å². The number of para-hydroxylation sites is 2. The number of fused-ring (bicyclic) bond motifs is 1. The maximum Gasteiger partial charge on any atom is 0.329 e. The third-order valence-electron chi connectivity index (χ3n) is 4.44. The van der Waals surface area contributed by atoms with Gasteiger partial charge < -0.3 is 10.1 Å². The van der Waals surface area contributed by atoms with Crippen LogP contribution in [-0.4, -0.2) is 22.2 Å². The molecule has 0 spiro atoms. The van der Waals surface area contributed by atoms with Gasteiger partial charge in [0.25, 0.3) is 0 Å². The lowest BCUT2D eigenvalue weighted by molar-refractivity contribution is -0.121. The Bertz CT molecular complexity index is 972. The number of amides is 1. The van der Waals surface area contributed by atoms with E-state index in [1.165, 1.54) is 4.57 Å². The van der Waals surface area contributed by atoms with Crippen LogP contribution in [0.25, 0.3) is 11.0 Å². The van der Waals surface area contributed by atoms with Gasteiger partial charge in [0.15, 0.2) is 0 Å². The Morgan fingerprint density at radius 1 is 1.00 bits per heavy atom. The summed E-state index contributed by atoms with van der Waals surface area (Å²) in [6.45, 7) is 3.39. The molecule has 0 aliphatic carbocycles. The van der Waals surface area contributed by atoms with Gasteiger partial charge >= 0.3 is 5.69 Å². The molecule has 3 rings (SSSR count). The number of ether oxygens (including phenoxy) is 1. The molecule has 0 atom stereocenters. The van der Waals surface area contributed by atoms with Gasteiger partial charge in [-0.3, -0.25) is 13.9 Å². The smallest absolute Gasteiger partial charge is 0.329 e. The number of rotatable bonds is 7. The predicted octanol–water partition coefficient (Wildman–Crippen LogP) is 2.29. The molecule has 6 heteroatoms. The van der Waals surface area contributed by atoms with Crippen molar-refractivity contribution in [2.75, 3.05) is 7.11 Å². The van der Waals surface area contributed by atoms with Crippen LogP contribution in [0.1, 0.15) is 18.1 Å². The van der Waals surface area contributed by atoms with Crippen molar-refractivity contribution in [3.63, 3.8) is 0 Å². The van der Waals surface area contributed by atoms with E-state index in [1.807, 2.05) is 55.5 Å². The second kappa shape index (κ2) is 8.01. The first-order chi connectivity index (χ1) is 12.7. The summed E-state index contributed by atoms with van der Waals surface area (Å²) in [5.41, 5.74) is 3.50. The summed E-state index contributed by atoms with van der Waals surface area (Å²) in [4.78, 5) is 25.0. The third kappa shape index (κ3) is 3.55. The first kappa shape index (κ1) is 17.9. The molecule has 0 bridgehead atoms.